The van der Waals surface area contributed by atoms with Crippen LogP contribution < -0.4 is 5.32 Å². The van der Waals surface area contributed by atoms with Gasteiger partial charge in [-0.2, -0.15) is 22.0 Å². The summed E-state index contributed by atoms with van der Waals surface area (Å²) in [6, 6.07) is 0. The van der Waals surface area contributed by atoms with E-state index in [-0.39, 0.29) is 23.2 Å². The Balaban J connectivity index is 1.41. The van der Waals surface area contributed by atoms with Crippen molar-refractivity contribution in [1.29, 1.82) is 0 Å². The van der Waals surface area contributed by atoms with Gasteiger partial charge in [0.25, 0.3) is 0 Å². The van der Waals surface area contributed by atoms with Gasteiger partial charge in [-0.05, 0) is 67.4 Å². The van der Waals surface area contributed by atoms with Crippen LogP contribution in [0.3, 0.4) is 0 Å². The van der Waals surface area contributed by atoms with E-state index in [1.165, 1.54) is 5.57 Å². The van der Waals surface area contributed by atoms with Gasteiger partial charge in [-0.3, -0.25) is 4.79 Å². The van der Waals surface area contributed by atoms with Crippen molar-refractivity contribution >= 4 is 5.91 Å². The number of amides is 1. The number of fused-ring (bicyclic) bond motifs is 5. The van der Waals surface area contributed by atoms with Crippen LogP contribution in [0.2, 0.25) is 0 Å². The molecular formula is C26H34F5NO4. The van der Waals surface area contributed by atoms with Gasteiger partial charge < -0.3 is 20.3 Å². The molecule has 0 radical (unpaired) electrons. The molecule has 4 aliphatic rings. The zero-order valence-electron chi connectivity index (χ0n) is 20.7. The van der Waals surface area contributed by atoms with Crippen molar-refractivity contribution in [1.82, 2.24) is 5.32 Å². The Hall–Kier alpha value is -1.78. The van der Waals surface area contributed by atoms with E-state index in [1.807, 2.05) is 13.0 Å². The molecule has 36 heavy (non-hydrogen) atoms. The molecule has 0 spiro atoms. The average molecular weight is 520 g/mol. The molecule has 10 heteroatoms. The van der Waals surface area contributed by atoms with Crippen LogP contribution >= 0.6 is 0 Å². The second kappa shape index (κ2) is 9.20. The smallest absolute Gasteiger partial charge is 0.393 e. The molecule has 0 saturated heterocycles. The largest absolute Gasteiger partial charge is 0.455 e. The van der Waals surface area contributed by atoms with E-state index in [4.69, 9.17) is 4.74 Å². The summed E-state index contributed by atoms with van der Waals surface area (Å²) >= 11 is 0. The van der Waals surface area contributed by atoms with Gasteiger partial charge in [0.05, 0.1) is 24.4 Å². The van der Waals surface area contributed by atoms with Crippen LogP contribution in [0.4, 0.5) is 22.0 Å². The number of ether oxygens (including phenoxy) is 1. The third-order valence-electron chi connectivity index (χ3n) is 8.94. The number of aliphatic hydroxyl groups is 2. The first-order valence-electron chi connectivity index (χ1n) is 12.5. The summed E-state index contributed by atoms with van der Waals surface area (Å²) in [6.07, 6.45) is 2.62. The second-order valence-electron chi connectivity index (χ2n) is 11.1. The summed E-state index contributed by atoms with van der Waals surface area (Å²) in [6.45, 7) is 3.38. The first kappa shape index (κ1) is 27.3. The molecule has 202 valence electrons. The lowest BCUT2D eigenvalue weighted by Gasteiger charge is -2.55. The van der Waals surface area contributed by atoms with Crippen LogP contribution in [0.15, 0.2) is 34.9 Å². The molecule has 0 aromatic rings. The molecule has 4 rings (SSSR count). The number of rotatable bonds is 6. The highest BCUT2D eigenvalue weighted by atomic mass is 19.4. The highest BCUT2D eigenvalue weighted by Crippen LogP contribution is 2.62. The summed E-state index contributed by atoms with van der Waals surface area (Å²) in [5.74, 6) is -6.05. The van der Waals surface area contributed by atoms with E-state index >= 15 is 0 Å². The Morgan fingerprint density at radius 3 is 2.61 bits per heavy atom. The fourth-order valence-electron chi connectivity index (χ4n) is 6.97. The SMILES string of the molecule is C[C@H](OCC(=O)NCC(F)(F)C(F)(F)F)C1=CCC2C3=CC=C4C[C@@H](O)C[C@H](C)[C@]4(O)C3CC[C@]12C. The first-order chi connectivity index (χ1) is 16.6. The fraction of sp³-hybridized carbons (Fsp3) is 0.731. The topological polar surface area (TPSA) is 78.8 Å². The lowest BCUT2D eigenvalue weighted by molar-refractivity contribution is -0.278. The van der Waals surface area contributed by atoms with Gasteiger partial charge in [0.15, 0.2) is 0 Å². The summed E-state index contributed by atoms with van der Waals surface area (Å²) in [5.41, 5.74) is 1.75. The molecule has 4 aliphatic carbocycles. The van der Waals surface area contributed by atoms with Gasteiger partial charge >= 0.3 is 12.1 Å². The summed E-state index contributed by atoms with van der Waals surface area (Å²) in [5, 5.41) is 23.6. The van der Waals surface area contributed by atoms with Crippen molar-refractivity contribution in [3.05, 3.63) is 34.9 Å². The van der Waals surface area contributed by atoms with Crippen molar-refractivity contribution in [3.63, 3.8) is 0 Å². The maximum Gasteiger partial charge on any atom is 0.455 e. The van der Waals surface area contributed by atoms with Crippen LogP contribution in [-0.2, 0) is 9.53 Å². The Morgan fingerprint density at radius 2 is 1.94 bits per heavy atom. The van der Waals surface area contributed by atoms with Crippen molar-refractivity contribution in [2.75, 3.05) is 13.2 Å². The monoisotopic (exact) mass is 519 g/mol. The molecule has 0 aromatic heterocycles. The summed E-state index contributed by atoms with van der Waals surface area (Å²) in [4.78, 5) is 11.9. The molecule has 2 fully saturated rings. The quantitative estimate of drug-likeness (QED) is 0.358. The highest BCUT2D eigenvalue weighted by Gasteiger charge is 2.58. The zero-order valence-corrected chi connectivity index (χ0v) is 20.7. The van der Waals surface area contributed by atoms with E-state index in [0.29, 0.717) is 12.8 Å². The van der Waals surface area contributed by atoms with Crippen molar-refractivity contribution in [2.24, 2.45) is 23.2 Å². The minimum atomic E-state index is -5.74. The zero-order chi connectivity index (χ0) is 26.7. The summed E-state index contributed by atoms with van der Waals surface area (Å²) < 4.78 is 68.6. The third kappa shape index (κ3) is 4.43. The standard InChI is InChI=1S/C26H34F5NO4/c1-14-10-17(33)11-16-4-5-18-20-7-6-19(23(20,3)9-8-21(18)25(14,16)35)15(2)36-12-22(34)32-13-24(27,28)26(29,30)31/h4-6,14-15,17,20-21,33,35H,7-13H2,1-3H3,(H,32,34)/t14-,15-,17-,20?,21?,23+,25+/m0/s1. The number of aliphatic hydroxyl groups excluding tert-OH is 1. The number of nitrogens with one attached hydrogen (secondary N) is 1. The molecule has 1 amide bonds. The van der Waals surface area contributed by atoms with Gasteiger partial charge in [-0.15, -0.1) is 0 Å². The second-order valence-corrected chi connectivity index (χ2v) is 11.1. The molecule has 2 saturated carbocycles. The van der Waals surface area contributed by atoms with Gasteiger partial charge in [-0.1, -0.05) is 37.6 Å². The lowest BCUT2D eigenvalue weighted by Crippen LogP contribution is -2.55. The van der Waals surface area contributed by atoms with Crippen molar-refractivity contribution in [3.8, 4) is 0 Å². The highest BCUT2D eigenvalue weighted by molar-refractivity contribution is 5.77. The summed E-state index contributed by atoms with van der Waals surface area (Å²) in [7, 11) is 0. The van der Waals surface area contributed by atoms with E-state index in [0.717, 1.165) is 30.4 Å². The number of hydrogen-bond donors (Lipinski definition) is 3. The number of alkyl halides is 5. The first-order valence-corrected chi connectivity index (χ1v) is 12.5. The maximum atomic E-state index is 13.1. The van der Waals surface area contributed by atoms with E-state index in [9.17, 15) is 37.0 Å². The predicted molar refractivity (Wildman–Crippen MR) is 122 cm³/mol. The molecule has 3 N–H and O–H groups in total. The number of allylic oxidation sites excluding steroid dienone is 3. The Kier molecular flexibility index (Phi) is 6.97. The molecule has 0 aromatic carbocycles. The minimum Gasteiger partial charge on any atom is -0.393 e. The maximum absolute atomic E-state index is 13.1. The van der Waals surface area contributed by atoms with Crippen LogP contribution in [0.5, 0.6) is 0 Å². The Labute approximate surface area is 207 Å². The third-order valence-corrected chi connectivity index (χ3v) is 8.94. The van der Waals surface area contributed by atoms with E-state index in [2.05, 4.69) is 19.1 Å². The van der Waals surface area contributed by atoms with Crippen LogP contribution in [0, 0.1) is 23.2 Å². The lowest BCUT2D eigenvalue weighted by atomic mass is 9.52. The van der Waals surface area contributed by atoms with Gasteiger partial charge in [-0.25, -0.2) is 0 Å². The van der Waals surface area contributed by atoms with Crippen LogP contribution in [0.25, 0.3) is 0 Å². The average Bonchev–Trinajstić information content (AvgIpc) is 3.13. The van der Waals surface area contributed by atoms with Crippen LogP contribution in [-0.4, -0.2) is 59.2 Å². The molecule has 0 bridgehead atoms. The minimum absolute atomic E-state index is 0.0388. The Morgan fingerprint density at radius 1 is 1.25 bits per heavy atom. The fourth-order valence-corrected chi connectivity index (χ4v) is 6.97. The normalized spacial score (nSPS) is 37.1. The van der Waals surface area contributed by atoms with Crippen molar-refractivity contribution < 1.29 is 41.7 Å². The number of hydrogen-bond acceptors (Lipinski definition) is 4. The van der Waals surface area contributed by atoms with E-state index < -0.39 is 49.0 Å². The van der Waals surface area contributed by atoms with Crippen LogP contribution in [0.1, 0.15) is 52.9 Å². The molecule has 7 atom stereocenters. The molecule has 0 heterocycles. The number of halogens is 5. The van der Waals surface area contributed by atoms with E-state index in [1.54, 1.807) is 12.2 Å². The Bertz CT molecular complexity index is 989. The number of carbonyl (C=O) groups excluding carboxylic acids is 1. The molecule has 0 aliphatic heterocycles. The van der Waals surface area contributed by atoms with Gasteiger partial charge in [0, 0.05) is 5.92 Å². The van der Waals surface area contributed by atoms with Crippen molar-refractivity contribution in [2.45, 2.75) is 82.8 Å². The predicted octanol–water partition coefficient (Wildman–Crippen LogP) is 4.46. The van der Waals surface area contributed by atoms with Gasteiger partial charge in [0.1, 0.15) is 6.61 Å². The molecule has 5 nitrogen and oxygen atoms in total. The van der Waals surface area contributed by atoms with Gasteiger partial charge in [0.2, 0.25) is 5.91 Å². The number of carbonyl (C=O) groups is 1. The molecular weight excluding hydrogens is 485 g/mol. The molecule has 2 unspecified atom stereocenters.